The van der Waals surface area contributed by atoms with Crippen molar-refractivity contribution >= 4 is 6.29 Å². The monoisotopic (exact) mass is 263 g/mol. The predicted molar refractivity (Wildman–Crippen MR) is 77.3 cm³/mol. The van der Waals surface area contributed by atoms with Crippen molar-refractivity contribution in [3.8, 4) is 22.5 Å². The van der Waals surface area contributed by atoms with Crippen LogP contribution in [0.5, 0.6) is 0 Å². The fourth-order valence-corrected chi connectivity index (χ4v) is 2.26. The van der Waals surface area contributed by atoms with Gasteiger partial charge in [-0.2, -0.15) is 0 Å². The van der Waals surface area contributed by atoms with Crippen LogP contribution in [0.15, 0.2) is 54.9 Å². The summed E-state index contributed by atoms with van der Waals surface area (Å²) in [4.78, 5) is 19.6. The number of nitrogens with zero attached hydrogens (tertiary/aromatic N) is 3. The molecule has 98 valence electrons. The molecule has 20 heavy (non-hydrogen) atoms. The SMILES string of the molecule is Cn1c(C=O)nc(-c2ccccc2)c1-c1ccncc1. The number of carbonyl (C=O) groups is 1. The summed E-state index contributed by atoms with van der Waals surface area (Å²) in [6, 6.07) is 13.7. The lowest BCUT2D eigenvalue weighted by Crippen LogP contribution is -1.97. The van der Waals surface area contributed by atoms with Crippen molar-refractivity contribution in [2.45, 2.75) is 0 Å². The number of carbonyl (C=O) groups excluding carboxylic acids is 1. The predicted octanol–water partition coefficient (Wildman–Crippen LogP) is 2.96. The number of imidazole rings is 1. The molecule has 3 aromatic rings. The topological polar surface area (TPSA) is 47.8 Å². The van der Waals surface area contributed by atoms with Crippen LogP contribution in [-0.4, -0.2) is 20.8 Å². The number of pyridine rings is 1. The van der Waals surface area contributed by atoms with Gasteiger partial charge in [0.2, 0.25) is 0 Å². The Morgan fingerprint density at radius 2 is 1.70 bits per heavy atom. The van der Waals surface area contributed by atoms with E-state index in [4.69, 9.17) is 0 Å². The van der Waals surface area contributed by atoms with Crippen LogP contribution in [0.2, 0.25) is 0 Å². The van der Waals surface area contributed by atoms with Crippen LogP contribution >= 0.6 is 0 Å². The van der Waals surface area contributed by atoms with E-state index in [9.17, 15) is 4.79 Å². The third-order valence-corrected chi connectivity index (χ3v) is 3.24. The molecule has 0 atom stereocenters. The zero-order chi connectivity index (χ0) is 13.9. The van der Waals surface area contributed by atoms with Gasteiger partial charge >= 0.3 is 0 Å². The van der Waals surface area contributed by atoms with Crippen molar-refractivity contribution in [1.29, 1.82) is 0 Å². The van der Waals surface area contributed by atoms with Gasteiger partial charge in [0.05, 0.1) is 11.4 Å². The summed E-state index contributed by atoms with van der Waals surface area (Å²) in [5.41, 5.74) is 3.70. The third kappa shape index (κ3) is 2.01. The van der Waals surface area contributed by atoms with Crippen molar-refractivity contribution in [3.05, 3.63) is 60.7 Å². The molecule has 0 spiro atoms. The molecular weight excluding hydrogens is 250 g/mol. The van der Waals surface area contributed by atoms with Crippen molar-refractivity contribution in [3.63, 3.8) is 0 Å². The Morgan fingerprint density at radius 3 is 2.35 bits per heavy atom. The molecule has 0 N–H and O–H groups in total. The molecule has 0 saturated carbocycles. The highest BCUT2D eigenvalue weighted by Gasteiger charge is 2.17. The molecule has 2 aromatic heterocycles. The Labute approximate surface area is 116 Å². The number of benzene rings is 1. The second-order valence-corrected chi connectivity index (χ2v) is 4.45. The number of rotatable bonds is 3. The molecule has 0 saturated heterocycles. The summed E-state index contributed by atoms with van der Waals surface area (Å²) < 4.78 is 1.81. The van der Waals surface area contributed by atoms with Crippen LogP contribution in [0.3, 0.4) is 0 Å². The molecule has 0 aliphatic rings. The first-order valence-corrected chi connectivity index (χ1v) is 6.29. The summed E-state index contributed by atoms with van der Waals surface area (Å²) in [6.45, 7) is 0. The molecule has 0 fully saturated rings. The lowest BCUT2D eigenvalue weighted by molar-refractivity contribution is 0.111. The number of hydrogen-bond donors (Lipinski definition) is 0. The summed E-state index contributed by atoms with van der Waals surface area (Å²) >= 11 is 0. The Balaban J connectivity index is 2.27. The van der Waals surface area contributed by atoms with Gasteiger partial charge in [0.15, 0.2) is 12.1 Å². The van der Waals surface area contributed by atoms with Gasteiger partial charge in [-0.3, -0.25) is 9.78 Å². The number of aldehydes is 1. The molecule has 0 radical (unpaired) electrons. The lowest BCUT2D eigenvalue weighted by atomic mass is 10.1. The molecule has 0 bridgehead atoms. The normalized spacial score (nSPS) is 10.4. The highest BCUT2D eigenvalue weighted by Crippen LogP contribution is 2.31. The van der Waals surface area contributed by atoms with Crippen LogP contribution < -0.4 is 0 Å². The maximum absolute atomic E-state index is 11.2. The van der Waals surface area contributed by atoms with E-state index in [1.165, 1.54) is 0 Å². The van der Waals surface area contributed by atoms with Crippen molar-refractivity contribution in [2.24, 2.45) is 7.05 Å². The van der Waals surface area contributed by atoms with Crippen molar-refractivity contribution in [2.75, 3.05) is 0 Å². The van der Waals surface area contributed by atoms with E-state index < -0.39 is 0 Å². The molecule has 1 aromatic carbocycles. The minimum atomic E-state index is 0.413. The largest absolute Gasteiger partial charge is 0.324 e. The Bertz CT molecular complexity index is 733. The number of aromatic nitrogens is 3. The first kappa shape index (κ1) is 12.3. The lowest BCUT2D eigenvalue weighted by Gasteiger charge is -2.06. The minimum absolute atomic E-state index is 0.413. The zero-order valence-electron chi connectivity index (χ0n) is 11.0. The zero-order valence-corrected chi connectivity index (χ0v) is 11.0. The summed E-state index contributed by atoms with van der Waals surface area (Å²) in [5.74, 6) is 0.413. The third-order valence-electron chi connectivity index (χ3n) is 3.24. The van der Waals surface area contributed by atoms with Crippen LogP contribution in [0.1, 0.15) is 10.6 Å². The molecular formula is C16H13N3O. The van der Waals surface area contributed by atoms with Gasteiger partial charge in [0.1, 0.15) is 0 Å². The number of hydrogen-bond acceptors (Lipinski definition) is 3. The summed E-state index contributed by atoms with van der Waals surface area (Å²) in [7, 11) is 1.85. The Morgan fingerprint density at radius 1 is 1.00 bits per heavy atom. The van der Waals surface area contributed by atoms with Crippen LogP contribution in [-0.2, 0) is 7.05 Å². The van der Waals surface area contributed by atoms with E-state index in [0.717, 1.165) is 28.8 Å². The van der Waals surface area contributed by atoms with Crippen LogP contribution in [0.4, 0.5) is 0 Å². The van der Waals surface area contributed by atoms with E-state index in [1.807, 2.05) is 54.1 Å². The molecule has 0 amide bonds. The highest BCUT2D eigenvalue weighted by molar-refractivity contribution is 5.83. The van der Waals surface area contributed by atoms with E-state index >= 15 is 0 Å². The summed E-state index contributed by atoms with van der Waals surface area (Å²) in [6.07, 6.45) is 4.24. The first-order chi connectivity index (χ1) is 9.81. The summed E-state index contributed by atoms with van der Waals surface area (Å²) in [5, 5.41) is 0. The van der Waals surface area contributed by atoms with Crippen molar-refractivity contribution < 1.29 is 4.79 Å². The van der Waals surface area contributed by atoms with Gasteiger partial charge < -0.3 is 4.57 Å². The molecule has 2 heterocycles. The Hall–Kier alpha value is -2.75. The minimum Gasteiger partial charge on any atom is -0.324 e. The second-order valence-electron chi connectivity index (χ2n) is 4.45. The van der Waals surface area contributed by atoms with Gasteiger partial charge in [-0.05, 0) is 12.1 Å². The molecule has 3 rings (SSSR count). The smallest absolute Gasteiger partial charge is 0.185 e. The van der Waals surface area contributed by atoms with E-state index in [1.54, 1.807) is 12.4 Å². The maximum atomic E-state index is 11.2. The van der Waals surface area contributed by atoms with Gasteiger partial charge in [0.25, 0.3) is 0 Å². The fraction of sp³-hybridized carbons (Fsp3) is 0.0625. The molecule has 0 aliphatic carbocycles. The quantitative estimate of drug-likeness (QED) is 0.682. The first-order valence-electron chi connectivity index (χ1n) is 6.29. The van der Waals surface area contributed by atoms with Crippen molar-refractivity contribution in [1.82, 2.24) is 14.5 Å². The van der Waals surface area contributed by atoms with E-state index in [2.05, 4.69) is 9.97 Å². The van der Waals surface area contributed by atoms with E-state index in [0.29, 0.717) is 5.82 Å². The Kier molecular flexibility index (Phi) is 3.13. The molecule has 0 aliphatic heterocycles. The van der Waals surface area contributed by atoms with Gasteiger partial charge in [-0.1, -0.05) is 30.3 Å². The van der Waals surface area contributed by atoms with Gasteiger partial charge in [-0.15, -0.1) is 0 Å². The average Bonchev–Trinajstić information content (AvgIpc) is 2.86. The highest BCUT2D eigenvalue weighted by atomic mass is 16.1. The molecule has 4 heteroatoms. The van der Waals surface area contributed by atoms with Crippen LogP contribution in [0, 0.1) is 0 Å². The second kappa shape index (κ2) is 5.09. The van der Waals surface area contributed by atoms with Gasteiger partial charge in [-0.25, -0.2) is 4.98 Å². The average molecular weight is 263 g/mol. The molecule has 4 nitrogen and oxygen atoms in total. The standard InChI is InChI=1S/C16H13N3O/c1-19-14(11-20)18-15(12-5-3-2-4-6-12)16(19)13-7-9-17-10-8-13/h2-11H,1H3. The molecule has 0 unspecified atom stereocenters. The van der Waals surface area contributed by atoms with Crippen LogP contribution in [0.25, 0.3) is 22.5 Å². The van der Waals surface area contributed by atoms with E-state index in [-0.39, 0.29) is 0 Å². The fourth-order valence-electron chi connectivity index (χ4n) is 2.26. The van der Waals surface area contributed by atoms with Gasteiger partial charge in [0, 0.05) is 30.6 Å². The maximum Gasteiger partial charge on any atom is 0.185 e.